The summed E-state index contributed by atoms with van der Waals surface area (Å²) in [6.45, 7) is 3.68. The maximum absolute atomic E-state index is 4.56. The second-order valence-corrected chi connectivity index (χ2v) is 3.92. The molecule has 0 spiro atoms. The molecule has 0 unspecified atom stereocenters. The van der Waals surface area contributed by atoms with Gasteiger partial charge >= 0.3 is 0 Å². The van der Waals surface area contributed by atoms with Gasteiger partial charge < -0.3 is 5.32 Å². The molecule has 1 N–H and O–H groups in total. The average Bonchev–Trinajstić information content (AvgIpc) is 2.47. The van der Waals surface area contributed by atoms with E-state index in [4.69, 9.17) is 0 Å². The molecule has 2 aromatic rings. The topological polar surface area (TPSA) is 24.4 Å². The van der Waals surface area contributed by atoms with Crippen LogP contribution >= 0.6 is 0 Å². The van der Waals surface area contributed by atoms with Crippen molar-refractivity contribution in [2.24, 2.45) is 4.99 Å². The number of allylic oxidation sites excluding steroid dienone is 2. The van der Waals surface area contributed by atoms with E-state index in [9.17, 15) is 0 Å². The van der Waals surface area contributed by atoms with E-state index in [1.54, 1.807) is 6.08 Å². The van der Waals surface area contributed by atoms with Gasteiger partial charge in [0.25, 0.3) is 0 Å². The summed E-state index contributed by atoms with van der Waals surface area (Å²) in [7, 11) is 0. The first kappa shape index (κ1) is 12.8. The number of nitrogens with one attached hydrogen (secondary N) is 1. The highest BCUT2D eigenvalue weighted by atomic mass is 15.0. The summed E-state index contributed by atoms with van der Waals surface area (Å²) in [5, 5.41) is 3.28. The van der Waals surface area contributed by atoms with Crippen molar-refractivity contribution in [1.82, 2.24) is 0 Å². The molecule has 0 radical (unpaired) electrons. The van der Waals surface area contributed by atoms with Crippen molar-refractivity contribution in [2.75, 3.05) is 5.32 Å². The van der Waals surface area contributed by atoms with Gasteiger partial charge in [-0.3, -0.25) is 0 Å². The van der Waals surface area contributed by atoms with Crippen molar-refractivity contribution < 1.29 is 0 Å². The lowest BCUT2D eigenvalue weighted by molar-refractivity contribution is 1.49. The normalized spacial score (nSPS) is 11.5. The van der Waals surface area contributed by atoms with Crippen LogP contribution in [0.3, 0.4) is 0 Å². The minimum atomic E-state index is 0.775. The Hall–Kier alpha value is -2.61. The Bertz CT molecular complexity index is 569. The van der Waals surface area contributed by atoms with Gasteiger partial charge in [0.2, 0.25) is 0 Å². The van der Waals surface area contributed by atoms with Crippen LogP contribution < -0.4 is 5.32 Å². The van der Waals surface area contributed by atoms with Crippen LogP contribution in [-0.2, 0) is 0 Å². The molecule has 2 heteroatoms. The summed E-state index contributed by atoms with van der Waals surface area (Å²) in [6.07, 6.45) is 5.48. The molecule has 2 nitrogen and oxygen atoms in total. The summed E-state index contributed by atoms with van der Waals surface area (Å²) in [6, 6.07) is 19.8. The number of anilines is 1. The first-order valence-electron chi connectivity index (χ1n) is 6.13. The molecule has 2 rings (SSSR count). The number of hydrogen-bond acceptors (Lipinski definition) is 1. The minimum Gasteiger partial charge on any atom is -0.340 e. The lowest BCUT2D eigenvalue weighted by Crippen LogP contribution is -2.08. The maximum atomic E-state index is 4.56. The van der Waals surface area contributed by atoms with Gasteiger partial charge in [-0.25, -0.2) is 4.99 Å². The molecule has 0 bridgehead atoms. The van der Waals surface area contributed by atoms with Crippen molar-refractivity contribution in [3.63, 3.8) is 0 Å². The monoisotopic (exact) mass is 248 g/mol. The van der Waals surface area contributed by atoms with E-state index < -0.39 is 0 Å². The first-order chi connectivity index (χ1) is 9.38. The Kier molecular flexibility index (Phi) is 4.71. The largest absolute Gasteiger partial charge is 0.340 e. The lowest BCUT2D eigenvalue weighted by Gasteiger charge is -2.06. The third-order valence-electron chi connectivity index (χ3n) is 2.44. The Morgan fingerprint density at radius 3 is 2.21 bits per heavy atom. The fourth-order valence-electron chi connectivity index (χ4n) is 1.58. The van der Waals surface area contributed by atoms with E-state index >= 15 is 0 Å². The Labute approximate surface area is 113 Å². The molecule has 0 amide bonds. The van der Waals surface area contributed by atoms with E-state index in [1.165, 1.54) is 0 Å². The molecule has 0 aliphatic carbocycles. The van der Waals surface area contributed by atoms with E-state index in [-0.39, 0.29) is 0 Å². The fraction of sp³-hybridized carbons (Fsp3) is 0. The van der Waals surface area contributed by atoms with Crippen LogP contribution in [0.5, 0.6) is 0 Å². The summed E-state index contributed by atoms with van der Waals surface area (Å²) in [4.78, 5) is 4.56. The number of hydrogen-bond donors (Lipinski definition) is 1. The number of aliphatic imine (C=N–C) groups is 1. The van der Waals surface area contributed by atoms with Crippen LogP contribution in [0.4, 0.5) is 11.4 Å². The molecule has 0 aliphatic heterocycles. The lowest BCUT2D eigenvalue weighted by atomic mass is 10.3. The molecule has 2 aromatic carbocycles. The Morgan fingerprint density at radius 1 is 0.947 bits per heavy atom. The smallest absolute Gasteiger partial charge is 0.130 e. The maximum Gasteiger partial charge on any atom is 0.130 e. The van der Waals surface area contributed by atoms with Crippen molar-refractivity contribution >= 4 is 17.2 Å². The highest BCUT2D eigenvalue weighted by Gasteiger charge is 1.96. The molecule has 94 valence electrons. The zero-order chi connectivity index (χ0) is 13.3. The van der Waals surface area contributed by atoms with Crippen LogP contribution in [0, 0.1) is 0 Å². The van der Waals surface area contributed by atoms with Gasteiger partial charge in [-0.1, -0.05) is 55.1 Å². The molecular formula is C17H16N2. The molecule has 19 heavy (non-hydrogen) atoms. The summed E-state index contributed by atoms with van der Waals surface area (Å²) < 4.78 is 0. The van der Waals surface area contributed by atoms with Crippen molar-refractivity contribution in [3.8, 4) is 0 Å². The zero-order valence-corrected chi connectivity index (χ0v) is 10.7. The summed E-state index contributed by atoms with van der Waals surface area (Å²) in [5.41, 5.74) is 1.92. The van der Waals surface area contributed by atoms with E-state index in [0.29, 0.717) is 0 Å². The average molecular weight is 248 g/mol. The minimum absolute atomic E-state index is 0.775. The van der Waals surface area contributed by atoms with Crippen LogP contribution in [0.25, 0.3) is 0 Å². The van der Waals surface area contributed by atoms with E-state index in [1.807, 2.05) is 72.8 Å². The van der Waals surface area contributed by atoms with Gasteiger partial charge in [0.1, 0.15) is 5.84 Å². The predicted octanol–water partition coefficient (Wildman–Crippen LogP) is 4.57. The molecule has 0 heterocycles. The Balaban J connectivity index is 2.24. The quantitative estimate of drug-likeness (QED) is 0.478. The number of para-hydroxylation sites is 2. The Morgan fingerprint density at radius 2 is 1.58 bits per heavy atom. The zero-order valence-electron chi connectivity index (χ0n) is 10.7. The SMILES string of the molecule is C=C/C=C/C(=Nc1ccccc1)Nc1ccccc1. The fourth-order valence-corrected chi connectivity index (χ4v) is 1.58. The first-order valence-corrected chi connectivity index (χ1v) is 6.13. The number of rotatable bonds is 4. The van der Waals surface area contributed by atoms with Gasteiger partial charge in [-0.05, 0) is 30.3 Å². The van der Waals surface area contributed by atoms with E-state index in [2.05, 4.69) is 16.9 Å². The standard InChI is InChI=1S/C17H16N2/c1-2-3-14-17(18-15-10-6-4-7-11-15)19-16-12-8-5-9-13-16/h2-14H,1H2,(H,18,19)/b14-3+. The number of amidine groups is 1. The predicted molar refractivity (Wildman–Crippen MR) is 82.9 cm³/mol. The van der Waals surface area contributed by atoms with Crippen LogP contribution in [0.1, 0.15) is 0 Å². The summed E-state index contributed by atoms with van der Waals surface area (Å²) in [5.74, 6) is 0.775. The van der Waals surface area contributed by atoms with Crippen molar-refractivity contribution in [1.29, 1.82) is 0 Å². The van der Waals surface area contributed by atoms with Gasteiger partial charge in [-0.15, -0.1) is 0 Å². The van der Waals surface area contributed by atoms with Crippen LogP contribution in [0.2, 0.25) is 0 Å². The van der Waals surface area contributed by atoms with E-state index in [0.717, 1.165) is 17.2 Å². The summed E-state index contributed by atoms with van der Waals surface area (Å²) >= 11 is 0. The van der Waals surface area contributed by atoms with Gasteiger partial charge in [0.05, 0.1) is 5.69 Å². The van der Waals surface area contributed by atoms with Gasteiger partial charge in [0, 0.05) is 5.69 Å². The number of nitrogens with zero attached hydrogens (tertiary/aromatic N) is 1. The molecule has 0 aromatic heterocycles. The molecule has 0 saturated carbocycles. The second kappa shape index (κ2) is 6.97. The molecule has 0 fully saturated rings. The third kappa shape index (κ3) is 4.28. The van der Waals surface area contributed by atoms with Gasteiger partial charge in [-0.2, -0.15) is 0 Å². The highest BCUT2D eigenvalue weighted by molar-refractivity contribution is 6.05. The molecular weight excluding hydrogens is 232 g/mol. The van der Waals surface area contributed by atoms with Gasteiger partial charge in [0.15, 0.2) is 0 Å². The van der Waals surface area contributed by atoms with Crippen LogP contribution in [-0.4, -0.2) is 5.84 Å². The molecule has 0 saturated heterocycles. The molecule has 0 atom stereocenters. The van der Waals surface area contributed by atoms with Crippen LogP contribution in [0.15, 0.2) is 90.5 Å². The number of benzene rings is 2. The van der Waals surface area contributed by atoms with Crippen molar-refractivity contribution in [2.45, 2.75) is 0 Å². The molecule has 0 aliphatic rings. The highest BCUT2D eigenvalue weighted by Crippen LogP contribution is 2.12. The third-order valence-corrected chi connectivity index (χ3v) is 2.44. The second-order valence-electron chi connectivity index (χ2n) is 3.92. The van der Waals surface area contributed by atoms with Crippen molar-refractivity contribution in [3.05, 3.63) is 85.5 Å².